The second-order valence-corrected chi connectivity index (χ2v) is 4.57. The van der Waals surface area contributed by atoms with Crippen LogP contribution in [0.2, 0.25) is 0 Å². The number of likely N-dealkylation sites (N-methyl/N-ethyl adjacent to an activating group) is 1. The van der Waals surface area contributed by atoms with E-state index in [0.717, 1.165) is 5.56 Å². The van der Waals surface area contributed by atoms with Crippen LogP contribution in [0, 0.1) is 0 Å². The molecule has 0 saturated carbocycles. The fourth-order valence-electron chi connectivity index (χ4n) is 2.02. The van der Waals surface area contributed by atoms with Crippen molar-refractivity contribution in [2.45, 2.75) is 19.5 Å². The number of fused-ring (bicyclic) bond motifs is 1. The molecule has 0 aliphatic heterocycles. The maximum Gasteiger partial charge on any atom is 0.320 e. The molecule has 2 aromatic rings. The topological polar surface area (TPSA) is 40.5 Å². The molecule has 0 aliphatic rings. The SMILES string of the molecule is CC(C(=O)O)N(C)Cc1cccc2ccccc12. The monoisotopic (exact) mass is 243 g/mol. The first kappa shape index (κ1) is 12.6. The van der Waals surface area contributed by atoms with Crippen LogP contribution in [0.3, 0.4) is 0 Å². The molecule has 1 unspecified atom stereocenters. The van der Waals surface area contributed by atoms with Crippen LogP contribution in [0.15, 0.2) is 42.5 Å². The van der Waals surface area contributed by atoms with Gasteiger partial charge in [0.05, 0.1) is 0 Å². The highest BCUT2D eigenvalue weighted by atomic mass is 16.4. The molecule has 94 valence electrons. The molecule has 0 radical (unpaired) electrons. The van der Waals surface area contributed by atoms with E-state index in [1.165, 1.54) is 10.8 Å². The van der Waals surface area contributed by atoms with Gasteiger partial charge in [-0.15, -0.1) is 0 Å². The Morgan fingerprint density at radius 3 is 2.61 bits per heavy atom. The molecule has 0 saturated heterocycles. The van der Waals surface area contributed by atoms with Gasteiger partial charge in [0.25, 0.3) is 0 Å². The van der Waals surface area contributed by atoms with E-state index in [4.69, 9.17) is 5.11 Å². The van der Waals surface area contributed by atoms with Gasteiger partial charge < -0.3 is 5.11 Å². The van der Waals surface area contributed by atoms with Crippen molar-refractivity contribution in [2.75, 3.05) is 7.05 Å². The molecule has 0 bridgehead atoms. The van der Waals surface area contributed by atoms with Crippen molar-refractivity contribution >= 4 is 16.7 Å². The number of benzene rings is 2. The summed E-state index contributed by atoms with van der Waals surface area (Å²) >= 11 is 0. The summed E-state index contributed by atoms with van der Waals surface area (Å²) in [7, 11) is 1.83. The van der Waals surface area contributed by atoms with Gasteiger partial charge in [0.15, 0.2) is 0 Å². The Bertz CT molecular complexity index is 560. The Kier molecular flexibility index (Phi) is 3.63. The van der Waals surface area contributed by atoms with Gasteiger partial charge in [-0.1, -0.05) is 42.5 Å². The van der Waals surface area contributed by atoms with Crippen LogP contribution >= 0.6 is 0 Å². The number of carboxylic acid groups (broad SMARTS) is 1. The van der Waals surface area contributed by atoms with Crippen molar-refractivity contribution in [1.29, 1.82) is 0 Å². The Hall–Kier alpha value is -1.87. The average molecular weight is 243 g/mol. The normalized spacial score (nSPS) is 12.8. The smallest absolute Gasteiger partial charge is 0.320 e. The second-order valence-electron chi connectivity index (χ2n) is 4.57. The molecule has 1 N–H and O–H groups in total. The van der Waals surface area contributed by atoms with Crippen molar-refractivity contribution in [3.05, 3.63) is 48.0 Å². The van der Waals surface area contributed by atoms with Crippen molar-refractivity contribution < 1.29 is 9.90 Å². The summed E-state index contributed by atoms with van der Waals surface area (Å²) < 4.78 is 0. The Morgan fingerprint density at radius 1 is 1.22 bits per heavy atom. The molecule has 0 fully saturated rings. The van der Waals surface area contributed by atoms with E-state index in [9.17, 15) is 4.79 Å². The van der Waals surface area contributed by atoms with E-state index in [2.05, 4.69) is 18.2 Å². The number of hydrogen-bond acceptors (Lipinski definition) is 2. The Balaban J connectivity index is 2.29. The molecule has 0 heterocycles. The minimum atomic E-state index is -0.794. The zero-order valence-electron chi connectivity index (χ0n) is 10.6. The highest BCUT2D eigenvalue weighted by Gasteiger charge is 2.17. The summed E-state index contributed by atoms with van der Waals surface area (Å²) in [4.78, 5) is 12.8. The molecular weight excluding hydrogens is 226 g/mol. The largest absolute Gasteiger partial charge is 0.480 e. The first-order chi connectivity index (χ1) is 8.59. The van der Waals surface area contributed by atoms with E-state index in [-0.39, 0.29) is 0 Å². The van der Waals surface area contributed by atoms with Gasteiger partial charge in [0.1, 0.15) is 6.04 Å². The predicted octanol–water partition coefficient (Wildman–Crippen LogP) is 2.74. The lowest BCUT2D eigenvalue weighted by Crippen LogP contribution is -2.35. The van der Waals surface area contributed by atoms with Gasteiger partial charge >= 0.3 is 5.97 Å². The van der Waals surface area contributed by atoms with Gasteiger partial charge in [0, 0.05) is 6.54 Å². The lowest BCUT2D eigenvalue weighted by atomic mass is 10.0. The first-order valence-corrected chi connectivity index (χ1v) is 5.99. The number of rotatable bonds is 4. The number of carboxylic acids is 1. The molecule has 0 aromatic heterocycles. The third-order valence-corrected chi connectivity index (χ3v) is 3.32. The molecular formula is C15H17NO2. The number of nitrogens with zero attached hydrogens (tertiary/aromatic N) is 1. The fraction of sp³-hybridized carbons (Fsp3) is 0.267. The van der Waals surface area contributed by atoms with E-state index >= 15 is 0 Å². The van der Waals surface area contributed by atoms with Crippen LogP contribution in [0.4, 0.5) is 0 Å². The summed E-state index contributed by atoms with van der Waals surface area (Å²) in [5.41, 5.74) is 1.16. The third-order valence-electron chi connectivity index (χ3n) is 3.32. The fourth-order valence-corrected chi connectivity index (χ4v) is 2.02. The standard InChI is InChI=1S/C15H17NO2/c1-11(15(17)18)16(2)10-13-8-5-7-12-6-3-4-9-14(12)13/h3-9,11H,10H2,1-2H3,(H,17,18). The molecule has 1 atom stereocenters. The molecule has 2 rings (SSSR count). The molecule has 0 amide bonds. The highest BCUT2D eigenvalue weighted by molar-refractivity contribution is 5.85. The zero-order valence-corrected chi connectivity index (χ0v) is 10.6. The summed E-state index contributed by atoms with van der Waals surface area (Å²) in [5.74, 6) is -0.794. The first-order valence-electron chi connectivity index (χ1n) is 5.99. The minimum Gasteiger partial charge on any atom is -0.480 e. The zero-order chi connectivity index (χ0) is 13.1. The van der Waals surface area contributed by atoms with Gasteiger partial charge in [-0.25, -0.2) is 0 Å². The van der Waals surface area contributed by atoms with Crippen molar-refractivity contribution in [2.24, 2.45) is 0 Å². The molecule has 0 spiro atoms. The van der Waals surface area contributed by atoms with Crippen LogP contribution in [0.25, 0.3) is 10.8 Å². The summed E-state index contributed by atoms with van der Waals surface area (Å²) in [6, 6.07) is 13.8. The molecule has 3 heteroatoms. The number of hydrogen-bond donors (Lipinski definition) is 1. The maximum atomic E-state index is 11.0. The van der Waals surface area contributed by atoms with Crippen LogP contribution < -0.4 is 0 Å². The average Bonchev–Trinajstić information content (AvgIpc) is 2.38. The summed E-state index contributed by atoms with van der Waals surface area (Å²) in [6.07, 6.45) is 0. The van der Waals surface area contributed by atoms with Gasteiger partial charge in [0.2, 0.25) is 0 Å². The van der Waals surface area contributed by atoms with E-state index in [0.29, 0.717) is 6.54 Å². The predicted molar refractivity (Wildman–Crippen MR) is 72.5 cm³/mol. The van der Waals surface area contributed by atoms with Gasteiger partial charge in [-0.3, -0.25) is 9.69 Å². The summed E-state index contributed by atoms with van der Waals surface area (Å²) in [5, 5.41) is 11.4. The quantitative estimate of drug-likeness (QED) is 0.897. The molecule has 3 nitrogen and oxygen atoms in total. The van der Waals surface area contributed by atoms with E-state index in [1.54, 1.807) is 6.92 Å². The molecule has 2 aromatic carbocycles. The highest BCUT2D eigenvalue weighted by Crippen LogP contribution is 2.20. The van der Waals surface area contributed by atoms with Crippen LogP contribution in [-0.4, -0.2) is 29.1 Å². The molecule has 0 aliphatic carbocycles. The van der Waals surface area contributed by atoms with Crippen molar-refractivity contribution in [3.63, 3.8) is 0 Å². The minimum absolute atomic E-state index is 0.482. The van der Waals surface area contributed by atoms with Crippen LogP contribution in [0.5, 0.6) is 0 Å². The number of aliphatic carboxylic acids is 1. The summed E-state index contributed by atoms with van der Waals surface area (Å²) in [6.45, 7) is 2.34. The second kappa shape index (κ2) is 5.19. The van der Waals surface area contributed by atoms with Crippen LogP contribution in [0.1, 0.15) is 12.5 Å². The lowest BCUT2D eigenvalue weighted by molar-refractivity contribution is -0.142. The van der Waals surface area contributed by atoms with Crippen molar-refractivity contribution in [3.8, 4) is 0 Å². The van der Waals surface area contributed by atoms with Gasteiger partial charge in [-0.2, -0.15) is 0 Å². The third kappa shape index (κ3) is 2.51. The molecule has 18 heavy (non-hydrogen) atoms. The van der Waals surface area contributed by atoms with E-state index in [1.807, 2.05) is 36.2 Å². The number of carbonyl (C=O) groups is 1. The van der Waals surface area contributed by atoms with Gasteiger partial charge in [-0.05, 0) is 30.3 Å². The Labute approximate surface area is 107 Å². The van der Waals surface area contributed by atoms with Crippen LogP contribution in [-0.2, 0) is 11.3 Å². The van der Waals surface area contributed by atoms with E-state index < -0.39 is 12.0 Å². The lowest BCUT2D eigenvalue weighted by Gasteiger charge is -2.21. The Morgan fingerprint density at radius 2 is 1.89 bits per heavy atom. The maximum absolute atomic E-state index is 11.0. The van der Waals surface area contributed by atoms with Crippen molar-refractivity contribution in [1.82, 2.24) is 4.90 Å².